The molecule has 0 N–H and O–H groups in total. The van der Waals surface area contributed by atoms with E-state index < -0.39 is 5.92 Å². The Hall–Kier alpha value is -0.180. The van der Waals surface area contributed by atoms with Crippen molar-refractivity contribution in [1.29, 1.82) is 0 Å². The highest BCUT2D eigenvalue weighted by molar-refractivity contribution is 4.76. The Morgan fingerprint density at radius 1 is 1.06 bits per heavy atom. The number of hydrogen-bond donors (Lipinski definition) is 0. The molecule has 0 bridgehead atoms. The highest BCUT2D eigenvalue weighted by Crippen LogP contribution is 2.32. The maximum atomic E-state index is 12.9. The molecule has 0 aromatic heterocycles. The van der Waals surface area contributed by atoms with Gasteiger partial charge in [-0.25, -0.2) is 8.78 Å². The largest absolute Gasteiger partial charge is 0.379 e. The first-order valence-corrected chi connectivity index (χ1v) is 6.18. The summed E-state index contributed by atoms with van der Waals surface area (Å²) in [5.41, 5.74) is 0. The zero-order valence-corrected chi connectivity index (χ0v) is 11.4. The lowest BCUT2D eigenvalue weighted by Gasteiger charge is -2.31. The molecule has 0 aromatic carbocycles. The molecule has 16 heavy (non-hydrogen) atoms. The van der Waals surface area contributed by atoms with Crippen LogP contribution < -0.4 is 0 Å². The number of alkyl halides is 2. The van der Waals surface area contributed by atoms with Crippen LogP contribution in [0.25, 0.3) is 0 Å². The molecular formula is C13H26F2O. The second-order valence-corrected chi connectivity index (χ2v) is 5.13. The van der Waals surface area contributed by atoms with Gasteiger partial charge in [-0.05, 0) is 38.5 Å². The van der Waals surface area contributed by atoms with E-state index in [1.807, 2.05) is 27.7 Å². The third kappa shape index (κ3) is 5.78. The summed E-state index contributed by atoms with van der Waals surface area (Å²) in [7, 11) is 0. The zero-order chi connectivity index (χ0) is 12.9. The maximum Gasteiger partial charge on any atom is 0.245 e. The lowest BCUT2D eigenvalue weighted by molar-refractivity contribution is -0.0286. The molecule has 1 unspecified atom stereocenters. The van der Waals surface area contributed by atoms with Gasteiger partial charge in [-0.1, -0.05) is 20.8 Å². The molecule has 0 spiro atoms. The Balaban J connectivity index is 4.25. The van der Waals surface area contributed by atoms with Gasteiger partial charge < -0.3 is 4.74 Å². The summed E-state index contributed by atoms with van der Waals surface area (Å²) in [6, 6.07) is 0. The van der Waals surface area contributed by atoms with Crippen molar-refractivity contribution in [2.24, 2.45) is 17.8 Å². The fraction of sp³-hybridized carbons (Fsp3) is 1.00. The molecule has 0 heterocycles. The van der Waals surface area contributed by atoms with E-state index in [0.717, 1.165) is 6.92 Å². The van der Waals surface area contributed by atoms with Crippen molar-refractivity contribution in [2.45, 2.75) is 60.0 Å². The average Bonchev–Trinajstić information content (AvgIpc) is 2.13. The van der Waals surface area contributed by atoms with Gasteiger partial charge in [-0.15, -0.1) is 0 Å². The highest BCUT2D eigenvalue weighted by atomic mass is 19.3. The molecule has 0 saturated heterocycles. The summed E-state index contributed by atoms with van der Waals surface area (Å²) in [6.07, 6.45) is 0.0880. The third-order valence-electron chi connectivity index (χ3n) is 3.58. The molecule has 0 saturated carbocycles. The van der Waals surface area contributed by atoms with Crippen molar-refractivity contribution in [1.82, 2.24) is 0 Å². The van der Waals surface area contributed by atoms with Crippen LogP contribution in [0.4, 0.5) is 8.78 Å². The number of halogens is 2. The molecule has 3 heteroatoms. The Bertz CT molecular complexity index is 189. The molecule has 0 aromatic rings. The van der Waals surface area contributed by atoms with Gasteiger partial charge in [-0.2, -0.15) is 0 Å². The van der Waals surface area contributed by atoms with E-state index >= 15 is 0 Å². The Morgan fingerprint density at radius 3 is 1.94 bits per heavy atom. The van der Waals surface area contributed by atoms with Gasteiger partial charge in [0.2, 0.25) is 5.92 Å². The number of hydrogen-bond acceptors (Lipinski definition) is 1. The maximum absolute atomic E-state index is 12.9. The van der Waals surface area contributed by atoms with Crippen molar-refractivity contribution < 1.29 is 13.5 Å². The first kappa shape index (κ1) is 15.8. The standard InChI is InChI=1S/C13H26F2O/c1-7-16-12(5)11(4)10(3)9(2)8-13(6,14)15/h9-12H,7-8H2,1-6H3/t9?,10-,11-,12-/m0/s1. The second kappa shape index (κ2) is 6.53. The lowest BCUT2D eigenvalue weighted by atomic mass is 9.80. The molecule has 98 valence electrons. The van der Waals surface area contributed by atoms with Gasteiger partial charge >= 0.3 is 0 Å². The normalized spacial score (nSPS) is 20.2. The molecule has 0 aliphatic carbocycles. The monoisotopic (exact) mass is 236 g/mol. The van der Waals surface area contributed by atoms with Crippen molar-refractivity contribution >= 4 is 0 Å². The third-order valence-corrected chi connectivity index (χ3v) is 3.58. The molecular weight excluding hydrogens is 210 g/mol. The van der Waals surface area contributed by atoms with E-state index in [-0.39, 0.29) is 24.4 Å². The topological polar surface area (TPSA) is 9.23 Å². The van der Waals surface area contributed by atoms with E-state index in [1.165, 1.54) is 0 Å². The van der Waals surface area contributed by atoms with Crippen molar-refractivity contribution in [3.8, 4) is 0 Å². The van der Waals surface area contributed by atoms with Gasteiger partial charge in [0.15, 0.2) is 0 Å². The van der Waals surface area contributed by atoms with Crippen LogP contribution >= 0.6 is 0 Å². The fourth-order valence-electron chi connectivity index (χ4n) is 2.11. The Morgan fingerprint density at radius 2 is 1.56 bits per heavy atom. The van der Waals surface area contributed by atoms with E-state index in [1.54, 1.807) is 0 Å². The van der Waals surface area contributed by atoms with Gasteiger partial charge in [0, 0.05) is 13.0 Å². The van der Waals surface area contributed by atoms with Crippen LogP contribution in [0, 0.1) is 17.8 Å². The van der Waals surface area contributed by atoms with Crippen LogP contribution in [0.5, 0.6) is 0 Å². The Kier molecular flexibility index (Phi) is 6.46. The van der Waals surface area contributed by atoms with Gasteiger partial charge in [0.25, 0.3) is 0 Å². The van der Waals surface area contributed by atoms with Crippen molar-refractivity contribution in [2.75, 3.05) is 6.61 Å². The SMILES string of the molecule is CCO[C@@H](C)[C@@H](C)[C@@H](C)C(C)CC(C)(F)F. The van der Waals surface area contributed by atoms with E-state index in [9.17, 15) is 8.78 Å². The second-order valence-electron chi connectivity index (χ2n) is 5.13. The summed E-state index contributed by atoms with van der Waals surface area (Å²) in [5, 5.41) is 0. The van der Waals surface area contributed by atoms with Crippen LogP contribution in [0.2, 0.25) is 0 Å². The molecule has 4 atom stereocenters. The van der Waals surface area contributed by atoms with Crippen LogP contribution in [-0.2, 0) is 4.74 Å². The van der Waals surface area contributed by atoms with E-state index in [2.05, 4.69) is 6.92 Å². The molecule has 0 aliphatic heterocycles. The number of ether oxygens (including phenoxy) is 1. The van der Waals surface area contributed by atoms with Gasteiger partial charge in [0.05, 0.1) is 6.10 Å². The molecule has 1 nitrogen and oxygen atoms in total. The number of rotatable bonds is 7. The smallest absolute Gasteiger partial charge is 0.245 e. The van der Waals surface area contributed by atoms with E-state index in [4.69, 9.17) is 4.74 Å². The summed E-state index contributed by atoms with van der Waals surface area (Å²) in [4.78, 5) is 0. The molecule has 0 aliphatic rings. The molecule has 0 amide bonds. The predicted molar refractivity (Wildman–Crippen MR) is 63.8 cm³/mol. The van der Waals surface area contributed by atoms with Crippen LogP contribution in [-0.4, -0.2) is 18.6 Å². The van der Waals surface area contributed by atoms with Crippen molar-refractivity contribution in [3.63, 3.8) is 0 Å². The quantitative estimate of drug-likeness (QED) is 0.638. The average molecular weight is 236 g/mol. The van der Waals surface area contributed by atoms with Crippen LogP contribution in [0.15, 0.2) is 0 Å². The molecule has 0 radical (unpaired) electrons. The minimum absolute atomic E-state index is 0.0120. The Labute approximate surface area is 98.6 Å². The summed E-state index contributed by atoms with van der Waals surface area (Å²) < 4.78 is 31.3. The lowest BCUT2D eigenvalue weighted by Crippen LogP contribution is -2.30. The molecule has 0 fully saturated rings. The summed E-state index contributed by atoms with van der Waals surface area (Å²) in [6.45, 7) is 11.7. The summed E-state index contributed by atoms with van der Waals surface area (Å²) in [5.74, 6) is -2.01. The minimum atomic E-state index is -2.57. The zero-order valence-electron chi connectivity index (χ0n) is 11.4. The first-order chi connectivity index (χ1) is 7.19. The highest BCUT2D eigenvalue weighted by Gasteiger charge is 2.31. The first-order valence-electron chi connectivity index (χ1n) is 6.18. The predicted octanol–water partition coefficient (Wildman–Crippen LogP) is 4.37. The fourth-order valence-corrected chi connectivity index (χ4v) is 2.11. The van der Waals surface area contributed by atoms with E-state index in [0.29, 0.717) is 12.5 Å². The van der Waals surface area contributed by atoms with Gasteiger partial charge in [0.1, 0.15) is 0 Å². The summed E-state index contributed by atoms with van der Waals surface area (Å²) >= 11 is 0. The van der Waals surface area contributed by atoms with Crippen molar-refractivity contribution in [3.05, 3.63) is 0 Å². The molecule has 0 rings (SSSR count). The van der Waals surface area contributed by atoms with Crippen LogP contribution in [0.3, 0.4) is 0 Å². The van der Waals surface area contributed by atoms with Gasteiger partial charge in [-0.3, -0.25) is 0 Å². The minimum Gasteiger partial charge on any atom is -0.379 e. The van der Waals surface area contributed by atoms with Crippen LogP contribution in [0.1, 0.15) is 48.0 Å².